The van der Waals surface area contributed by atoms with Gasteiger partial charge in [0.15, 0.2) is 5.13 Å². The van der Waals surface area contributed by atoms with E-state index in [1.54, 1.807) is 17.0 Å². The standard InChI is InChI=1S/C20H17FN2OS/c21-17-10-8-15(9-11-17)18-13-25-20(22-18)23(19(24)16-6-7-16)12-14-4-2-1-3-5-14/h1-5,8-11,13,16H,6-7,12H2. The monoisotopic (exact) mass is 352 g/mol. The van der Waals surface area contributed by atoms with Crippen LogP contribution < -0.4 is 4.90 Å². The normalized spacial score (nSPS) is 13.6. The molecule has 3 aromatic rings. The minimum atomic E-state index is -0.270. The van der Waals surface area contributed by atoms with E-state index in [9.17, 15) is 9.18 Å². The number of rotatable bonds is 5. The van der Waals surface area contributed by atoms with Crippen molar-refractivity contribution in [3.05, 3.63) is 71.4 Å². The molecule has 0 unspecified atom stereocenters. The van der Waals surface area contributed by atoms with E-state index in [0.717, 1.165) is 29.7 Å². The molecular formula is C20H17FN2OS. The van der Waals surface area contributed by atoms with Crippen LogP contribution in [0, 0.1) is 11.7 Å². The van der Waals surface area contributed by atoms with Gasteiger partial charge in [-0.2, -0.15) is 0 Å². The molecule has 0 bridgehead atoms. The van der Waals surface area contributed by atoms with E-state index >= 15 is 0 Å². The molecule has 25 heavy (non-hydrogen) atoms. The molecule has 1 aliphatic rings. The van der Waals surface area contributed by atoms with Gasteiger partial charge < -0.3 is 0 Å². The van der Waals surface area contributed by atoms with E-state index in [-0.39, 0.29) is 17.6 Å². The van der Waals surface area contributed by atoms with E-state index in [0.29, 0.717) is 11.7 Å². The van der Waals surface area contributed by atoms with Gasteiger partial charge in [-0.25, -0.2) is 9.37 Å². The average molecular weight is 352 g/mol. The first-order valence-corrected chi connectivity index (χ1v) is 9.15. The molecule has 0 atom stereocenters. The predicted molar refractivity (Wildman–Crippen MR) is 97.9 cm³/mol. The van der Waals surface area contributed by atoms with Gasteiger partial charge in [0.25, 0.3) is 0 Å². The molecule has 4 rings (SSSR count). The largest absolute Gasteiger partial charge is 0.283 e. The summed E-state index contributed by atoms with van der Waals surface area (Å²) >= 11 is 1.45. The molecule has 1 aromatic heterocycles. The Morgan fingerprint density at radius 2 is 1.84 bits per heavy atom. The molecule has 126 valence electrons. The van der Waals surface area contributed by atoms with Crippen molar-refractivity contribution in [1.82, 2.24) is 4.98 Å². The van der Waals surface area contributed by atoms with Crippen molar-refractivity contribution in [2.24, 2.45) is 5.92 Å². The molecule has 1 fully saturated rings. The Kier molecular flexibility index (Phi) is 4.32. The molecule has 1 aliphatic carbocycles. The second-order valence-electron chi connectivity index (χ2n) is 6.21. The highest BCUT2D eigenvalue weighted by atomic mass is 32.1. The zero-order chi connectivity index (χ0) is 17.2. The fraction of sp³-hybridized carbons (Fsp3) is 0.200. The first-order chi connectivity index (χ1) is 12.2. The van der Waals surface area contributed by atoms with Crippen LogP contribution in [0.3, 0.4) is 0 Å². The van der Waals surface area contributed by atoms with Crippen LogP contribution in [-0.2, 0) is 11.3 Å². The van der Waals surface area contributed by atoms with Crippen molar-refractivity contribution in [2.75, 3.05) is 4.90 Å². The lowest BCUT2D eigenvalue weighted by Gasteiger charge is -2.20. The summed E-state index contributed by atoms with van der Waals surface area (Å²) in [6, 6.07) is 16.2. The Morgan fingerprint density at radius 1 is 1.12 bits per heavy atom. The molecule has 0 radical (unpaired) electrons. The van der Waals surface area contributed by atoms with Gasteiger partial charge in [0, 0.05) is 16.9 Å². The first kappa shape index (κ1) is 16.0. The number of anilines is 1. The number of carbonyl (C=O) groups excluding carboxylic acids is 1. The molecule has 0 aliphatic heterocycles. The van der Waals surface area contributed by atoms with Crippen LogP contribution in [0.15, 0.2) is 60.0 Å². The Hall–Kier alpha value is -2.53. The lowest BCUT2D eigenvalue weighted by Crippen LogP contribution is -2.31. The summed E-state index contributed by atoms with van der Waals surface area (Å²) in [5, 5.41) is 2.61. The molecular weight excluding hydrogens is 335 g/mol. The highest BCUT2D eigenvalue weighted by molar-refractivity contribution is 7.14. The minimum absolute atomic E-state index is 0.127. The number of nitrogens with zero attached hydrogens (tertiary/aromatic N) is 2. The molecule has 3 nitrogen and oxygen atoms in total. The van der Waals surface area contributed by atoms with Crippen molar-refractivity contribution >= 4 is 22.4 Å². The maximum Gasteiger partial charge on any atom is 0.232 e. The van der Waals surface area contributed by atoms with E-state index in [4.69, 9.17) is 0 Å². The summed E-state index contributed by atoms with van der Waals surface area (Å²) in [6.45, 7) is 0.520. The summed E-state index contributed by atoms with van der Waals surface area (Å²) in [6.07, 6.45) is 1.92. The van der Waals surface area contributed by atoms with E-state index in [1.807, 2.05) is 35.7 Å². The van der Waals surface area contributed by atoms with E-state index in [2.05, 4.69) is 4.98 Å². The SMILES string of the molecule is O=C(C1CC1)N(Cc1ccccc1)c1nc(-c2ccc(F)cc2)cs1. The number of halogens is 1. The van der Waals surface area contributed by atoms with Crippen molar-refractivity contribution in [1.29, 1.82) is 0 Å². The highest BCUT2D eigenvalue weighted by Gasteiger charge is 2.35. The van der Waals surface area contributed by atoms with Crippen LogP contribution in [0.2, 0.25) is 0 Å². The van der Waals surface area contributed by atoms with E-state index < -0.39 is 0 Å². The second kappa shape index (κ2) is 6.76. The zero-order valence-electron chi connectivity index (χ0n) is 13.6. The van der Waals surface area contributed by atoms with Gasteiger partial charge in [-0.3, -0.25) is 9.69 Å². The third-order valence-electron chi connectivity index (χ3n) is 4.24. The molecule has 0 saturated heterocycles. The number of aromatic nitrogens is 1. The lowest BCUT2D eigenvalue weighted by atomic mass is 10.2. The van der Waals surface area contributed by atoms with Crippen molar-refractivity contribution in [2.45, 2.75) is 19.4 Å². The summed E-state index contributed by atoms with van der Waals surface area (Å²) in [5.74, 6) is -0.000407. The van der Waals surface area contributed by atoms with Crippen LogP contribution in [0.25, 0.3) is 11.3 Å². The zero-order valence-corrected chi connectivity index (χ0v) is 14.4. The first-order valence-electron chi connectivity index (χ1n) is 8.27. The van der Waals surface area contributed by atoms with Crippen LogP contribution in [-0.4, -0.2) is 10.9 Å². The third-order valence-corrected chi connectivity index (χ3v) is 5.10. The van der Waals surface area contributed by atoms with Gasteiger partial charge in [0.2, 0.25) is 5.91 Å². The van der Waals surface area contributed by atoms with Gasteiger partial charge >= 0.3 is 0 Å². The smallest absolute Gasteiger partial charge is 0.232 e. The summed E-state index contributed by atoms with van der Waals surface area (Å²) in [5.41, 5.74) is 2.69. The van der Waals surface area contributed by atoms with Crippen LogP contribution >= 0.6 is 11.3 Å². The average Bonchev–Trinajstić information content (AvgIpc) is 3.38. The van der Waals surface area contributed by atoms with E-state index in [1.165, 1.54) is 23.5 Å². The Morgan fingerprint density at radius 3 is 2.52 bits per heavy atom. The number of hydrogen-bond donors (Lipinski definition) is 0. The van der Waals surface area contributed by atoms with Crippen LogP contribution in [0.5, 0.6) is 0 Å². The van der Waals surface area contributed by atoms with Crippen LogP contribution in [0.1, 0.15) is 18.4 Å². The van der Waals surface area contributed by atoms with Crippen molar-refractivity contribution in [3.8, 4) is 11.3 Å². The predicted octanol–water partition coefficient (Wildman–Crippen LogP) is 4.89. The molecule has 1 amide bonds. The van der Waals surface area contributed by atoms with Gasteiger partial charge in [0.1, 0.15) is 5.82 Å². The number of benzene rings is 2. The highest BCUT2D eigenvalue weighted by Crippen LogP contribution is 2.35. The van der Waals surface area contributed by atoms with Gasteiger partial charge in [-0.1, -0.05) is 30.3 Å². The molecule has 5 heteroatoms. The third kappa shape index (κ3) is 3.61. The number of amides is 1. The maximum absolute atomic E-state index is 13.1. The Bertz CT molecular complexity index is 872. The van der Waals surface area contributed by atoms with Gasteiger partial charge in [-0.15, -0.1) is 11.3 Å². The van der Waals surface area contributed by atoms with Gasteiger partial charge in [-0.05, 0) is 42.7 Å². The summed E-state index contributed by atoms with van der Waals surface area (Å²) < 4.78 is 13.1. The van der Waals surface area contributed by atoms with Crippen molar-refractivity contribution < 1.29 is 9.18 Å². The molecule has 0 spiro atoms. The van der Waals surface area contributed by atoms with Gasteiger partial charge in [0.05, 0.1) is 12.2 Å². The molecule has 0 N–H and O–H groups in total. The van der Waals surface area contributed by atoms with Crippen molar-refractivity contribution in [3.63, 3.8) is 0 Å². The summed E-state index contributed by atoms with van der Waals surface area (Å²) in [7, 11) is 0. The quantitative estimate of drug-likeness (QED) is 0.655. The fourth-order valence-electron chi connectivity index (χ4n) is 2.70. The Labute approximate surface area is 149 Å². The number of thiazole rings is 1. The molecule has 2 aromatic carbocycles. The van der Waals surface area contributed by atoms with Crippen LogP contribution in [0.4, 0.5) is 9.52 Å². The summed E-state index contributed by atoms with van der Waals surface area (Å²) in [4.78, 5) is 19.2. The molecule has 1 saturated carbocycles. The maximum atomic E-state index is 13.1. The number of hydrogen-bond acceptors (Lipinski definition) is 3. The minimum Gasteiger partial charge on any atom is -0.283 e. The molecule has 1 heterocycles. The number of carbonyl (C=O) groups is 1. The Balaban J connectivity index is 1.63. The second-order valence-corrected chi connectivity index (χ2v) is 7.04. The fourth-order valence-corrected chi connectivity index (χ4v) is 3.54. The lowest BCUT2D eigenvalue weighted by molar-refractivity contribution is -0.119. The topological polar surface area (TPSA) is 33.2 Å².